The quantitative estimate of drug-likeness (QED) is 0.888. The summed E-state index contributed by atoms with van der Waals surface area (Å²) in [7, 11) is 0. The van der Waals surface area contributed by atoms with Gasteiger partial charge in [-0.15, -0.1) is 0 Å². The summed E-state index contributed by atoms with van der Waals surface area (Å²) in [5.41, 5.74) is 6.93. The number of fused-ring (bicyclic) bond motifs is 1. The fourth-order valence-corrected chi connectivity index (χ4v) is 2.50. The third-order valence-electron chi connectivity index (χ3n) is 3.64. The van der Waals surface area contributed by atoms with Crippen LogP contribution in [0.4, 0.5) is 5.82 Å². The Morgan fingerprint density at radius 3 is 2.95 bits per heavy atom. The summed E-state index contributed by atoms with van der Waals surface area (Å²) in [6, 6.07) is 7.76. The second-order valence-corrected chi connectivity index (χ2v) is 5.01. The van der Waals surface area contributed by atoms with E-state index < -0.39 is 0 Å². The number of benzene rings is 1. The monoisotopic (exact) mass is 284 g/mol. The van der Waals surface area contributed by atoms with E-state index in [0.29, 0.717) is 6.61 Å². The summed E-state index contributed by atoms with van der Waals surface area (Å²) in [6.45, 7) is 2.50. The van der Waals surface area contributed by atoms with Crippen LogP contribution in [-0.4, -0.2) is 28.5 Å². The molecule has 1 aromatic carbocycles. The normalized spacial score (nSPS) is 17.7. The molecule has 108 valence electrons. The number of carbonyl (C=O) groups excluding carboxylic acids is 1. The van der Waals surface area contributed by atoms with Crippen LogP contribution in [-0.2, 0) is 0 Å². The number of hydrogen-bond acceptors (Lipinski definition) is 5. The van der Waals surface area contributed by atoms with Gasteiger partial charge in [-0.2, -0.15) is 0 Å². The molecule has 3 rings (SSSR count). The third-order valence-corrected chi connectivity index (χ3v) is 3.64. The minimum atomic E-state index is -0.322. The minimum absolute atomic E-state index is 0.0949. The van der Waals surface area contributed by atoms with Crippen molar-refractivity contribution in [1.29, 1.82) is 0 Å². The van der Waals surface area contributed by atoms with Crippen LogP contribution in [0, 0.1) is 0 Å². The number of anilines is 1. The molecular formula is C15H16N4O2. The van der Waals surface area contributed by atoms with Gasteiger partial charge in [0.05, 0.1) is 6.61 Å². The number of nitrogen functional groups attached to an aromatic ring is 1. The van der Waals surface area contributed by atoms with Gasteiger partial charge in [0.25, 0.3) is 5.91 Å². The van der Waals surface area contributed by atoms with Crippen molar-refractivity contribution in [2.24, 2.45) is 0 Å². The van der Waals surface area contributed by atoms with E-state index in [4.69, 9.17) is 10.5 Å². The first-order valence-corrected chi connectivity index (χ1v) is 6.76. The van der Waals surface area contributed by atoms with Gasteiger partial charge in [-0.25, -0.2) is 9.97 Å². The standard InChI is InChI=1S/C15H16N4O2/c1-9(11-8-21-12-5-3-2-4-10(11)12)19-15(20)13-14(16)18-7-6-17-13/h2-7,9,11H,8H2,1H3,(H2,16,18)(H,19,20)/t9-,11-/m0/s1. The van der Waals surface area contributed by atoms with Gasteiger partial charge >= 0.3 is 0 Å². The lowest BCUT2D eigenvalue weighted by Gasteiger charge is -2.19. The Morgan fingerprint density at radius 1 is 1.38 bits per heavy atom. The Hall–Kier alpha value is -2.63. The summed E-state index contributed by atoms with van der Waals surface area (Å²) in [6.07, 6.45) is 2.90. The van der Waals surface area contributed by atoms with E-state index >= 15 is 0 Å². The molecule has 0 saturated heterocycles. The molecule has 6 heteroatoms. The highest BCUT2D eigenvalue weighted by Crippen LogP contribution is 2.35. The predicted octanol–water partition coefficient (Wildman–Crippen LogP) is 1.35. The highest BCUT2D eigenvalue weighted by molar-refractivity contribution is 5.96. The summed E-state index contributed by atoms with van der Waals surface area (Å²) in [5.74, 6) is 0.799. The van der Waals surface area contributed by atoms with Crippen LogP contribution in [0.5, 0.6) is 5.75 Å². The van der Waals surface area contributed by atoms with E-state index in [2.05, 4.69) is 15.3 Å². The van der Waals surface area contributed by atoms with Crippen LogP contribution in [0.1, 0.15) is 28.9 Å². The molecule has 0 saturated carbocycles. The largest absolute Gasteiger partial charge is 0.493 e. The topological polar surface area (TPSA) is 90.1 Å². The first-order valence-electron chi connectivity index (χ1n) is 6.76. The minimum Gasteiger partial charge on any atom is -0.493 e. The van der Waals surface area contributed by atoms with Gasteiger partial charge in [-0.3, -0.25) is 4.79 Å². The van der Waals surface area contributed by atoms with E-state index in [9.17, 15) is 4.79 Å². The molecule has 3 N–H and O–H groups in total. The summed E-state index contributed by atoms with van der Waals surface area (Å²) < 4.78 is 5.64. The molecule has 0 bridgehead atoms. The van der Waals surface area contributed by atoms with Crippen molar-refractivity contribution in [1.82, 2.24) is 15.3 Å². The molecule has 2 atom stereocenters. The van der Waals surface area contributed by atoms with E-state index in [1.807, 2.05) is 31.2 Å². The zero-order valence-electron chi connectivity index (χ0n) is 11.6. The van der Waals surface area contributed by atoms with Crippen LogP contribution < -0.4 is 15.8 Å². The van der Waals surface area contributed by atoms with Crippen LogP contribution in [0.2, 0.25) is 0 Å². The fraction of sp³-hybridized carbons (Fsp3) is 0.267. The molecule has 2 aromatic rings. The second-order valence-electron chi connectivity index (χ2n) is 5.01. The summed E-state index contributed by atoms with van der Waals surface area (Å²) in [5, 5.41) is 2.92. The molecule has 0 radical (unpaired) electrons. The van der Waals surface area contributed by atoms with Crippen LogP contribution in [0.3, 0.4) is 0 Å². The van der Waals surface area contributed by atoms with Gasteiger partial charge in [-0.1, -0.05) is 18.2 Å². The second kappa shape index (κ2) is 5.40. The Labute approximate surface area is 122 Å². The summed E-state index contributed by atoms with van der Waals surface area (Å²) in [4.78, 5) is 20.1. The number of aromatic nitrogens is 2. The van der Waals surface area contributed by atoms with Crippen molar-refractivity contribution in [3.63, 3.8) is 0 Å². The molecule has 0 spiro atoms. The lowest BCUT2D eigenvalue weighted by atomic mass is 9.94. The Morgan fingerprint density at radius 2 is 2.14 bits per heavy atom. The molecule has 1 amide bonds. The van der Waals surface area contributed by atoms with E-state index in [1.54, 1.807) is 0 Å². The predicted molar refractivity (Wildman–Crippen MR) is 78.1 cm³/mol. The fourth-order valence-electron chi connectivity index (χ4n) is 2.50. The molecule has 0 aliphatic carbocycles. The number of rotatable bonds is 3. The number of ether oxygens (including phenoxy) is 1. The average molecular weight is 284 g/mol. The van der Waals surface area contributed by atoms with Gasteiger partial charge in [0.15, 0.2) is 11.5 Å². The lowest BCUT2D eigenvalue weighted by molar-refractivity contribution is 0.0928. The van der Waals surface area contributed by atoms with Gasteiger partial charge in [0.2, 0.25) is 0 Å². The number of carbonyl (C=O) groups is 1. The van der Waals surface area contributed by atoms with Gasteiger partial charge in [0.1, 0.15) is 5.75 Å². The number of amides is 1. The Bertz CT molecular complexity index is 674. The molecule has 0 fully saturated rings. The van der Waals surface area contributed by atoms with Crippen molar-refractivity contribution in [2.45, 2.75) is 18.9 Å². The maximum atomic E-state index is 12.2. The maximum Gasteiger partial charge on any atom is 0.273 e. The number of nitrogens with zero attached hydrogens (tertiary/aromatic N) is 2. The van der Waals surface area contributed by atoms with Crippen molar-refractivity contribution in [3.05, 3.63) is 47.9 Å². The smallest absolute Gasteiger partial charge is 0.273 e. The molecule has 21 heavy (non-hydrogen) atoms. The van der Waals surface area contributed by atoms with Gasteiger partial charge in [-0.05, 0) is 13.0 Å². The lowest BCUT2D eigenvalue weighted by Crippen LogP contribution is -2.38. The zero-order chi connectivity index (χ0) is 14.8. The highest BCUT2D eigenvalue weighted by Gasteiger charge is 2.30. The highest BCUT2D eigenvalue weighted by atomic mass is 16.5. The van der Waals surface area contributed by atoms with E-state index in [0.717, 1.165) is 11.3 Å². The first-order chi connectivity index (χ1) is 10.2. The van der Waals surface area contributed by atoms with Crippen LogP contribution in [0.25, 0.3) is 0 Å². The average Bonchev–Trinajstić information content (AvgIpc) is 2.91. The van der Waals surface area contributed by atoms with Crippen molar-refractivity contribution < 1.29 is 9.53 Å². The third kappa shape index (κ3) is 2.52. The Balaban J connectivity index is 1.75. The van der Waals surface area contributed by atoms with Crippen LogP contribution in [0.15, 0.2) is 36.7 Å². The number of para-hydroxylation sites is 1. The van der Waals surface area contributed by atoms with E-state index in [-0.39, 0.29) is 29.4 Å². The molecule has 1 aromatic heterocycles. The molecule has 0 unspecified atom stereocenters. The molecule has 1 aliphatic rings. The number of nitrogens with one attached hydrogen (secondary N) is 1. The van der Waals surface area contributed by atoms with Gasteiger partial charge < -0.3 is 15.8 Å². The van der Waals surface area contributed by atoms with Crippen molar-refractivity contribution >= 4 is 11.7 Å². The number of nitrogens with two attached hydrogens (primary N) is 1. The molecule has 1 aliphatic heterocycles. The molecular weight excluding hydrogens is 268 g/mol. The summed E-state index contributed by atoms with van der Waals surface area (Å²) >= 11 is 0. The van der Waals surface area contributed by atoms with Gasteiger partial charge in [0, 0.05) is 29.9 Å². The Kier molecular flexibility index (Phi) is 3.43. The van der Waals surface area contributed by atoms with Crippen molar-refractivity contribution in [3.8, 4) is 5.75 Å². The SMILES string of the molecule is C[C@H](NC(=O)c1nccnc1N)[C@@H]1COc2ccccc21. The van der Waals surface area contributed by atoms with Crippen molar-refractivity contribution in [2.75, 3.05) is 12.3 Å². The first kappa shape index (κ1) is 13.4. The molecule has 2 heterocycles. The maximum absolute atomic E-state index is 12.2. The zero-order valence-corrected chi connectivity index (χ0v) is 11.6. The van der Waals surface area contributed by atoms with E-state index in [1.165, 1.54) is 12.4 Å². The number of hydrogen-bond donors (Lipinski definition) is 2. The van der Waals surface area contributed by atoms with Crippen LogP contribution >= 0.6 is 0 Å². The molecule has 6 nitrogen and oxygen atoms in total.